The zero-order valence-electron chi connectivity index (χ0n) is 54.6. The number of nitrogens with one attached hydrogen (secondary N) is 10. The minimum Gasteiger partial charge on any atom is -0.480 e. The lowest BCUT2D eigenvalue weighted by atomic mass is 10.0. The lowest BCUT2D eigenvalue weighted by molar-refractivity contribution is -0.142. The van der Waals surface area contributed by atoms with E-state index >= 15 is 9.59 Å². The van der Waals surface area contributed by atoms with Crippen LogP contribution in [0, 0.1) is 0 Å². The van der Waals surface area contributed by atoms with Crippen LogP contribution >= 0.6 is 41.2 Å². The molecule has 0 saturated carbocycles. The van der Waals surface area contributed by atoms with Crippen LogP contribution in [0.3, 0.4) is 0 Å². The van der Waals surface area contributed by atoms with Gasteiger partial charge in [-0.15, -0.1) is 0 Å². The van der Waals surface area contributed by atoms with Crippen molar-refractivity contribution in [3.63, 3.8) is 0 Å². The molecule has 0 saturated heterocycles. The van der Waals surface area contributed by atoms with Gasteiger partial charge < -0.3 is 110 Å². The predicted octanol–water partition coefficient (Wildman–Crippen LogP) is -4.56. The average molecular weight is 1480 g/mol. The van der Waals surface area contributed by atoms with Gasteiger partial charge in [-0.05, 0) is 74.6 Å². The van der Waals surface area contributed by atoms with E-state index < -0.39 is 124 Å². The first-order valence-electron chi connectivity index (χ1n) is 31.5. The number of aromatic amines is 1. The summed E-state index contributed by atoms with van der Waals surface area (Å²) in [6.45, 7) is 1.45. The van der Waals surface area contributed by atoms with E-state index in [0.29, 0.717) is 34.0 Å². The zero-order chi connectivity index (χ0) is 73.1. The van der Waals surface area contributed by atoms with E-state index in [1.807, 2.05) is 0 Å². The molecule has 37 heteroatoms. The number of thiol groups is 2. The molecule has 99 heavy (non-hydrogen) atoms. The van der Waals surface area contributed by atoms with Gasteiger partial charge in [0.1, 0.15) is 54.4 Å². The molecule has 540 valence electrons. The number of alkyl halides is 1. The molecule has 4 rings (SSSR count). The number of carboxylic acids is 1. The molecule has 0 aliphatic rings. The number of aliphatic carboxylic acids is 1. The normalized spacial score (nSPS) is 14.3. The first-order valence-corrected chi connectivity index (χ1v) is 33.7. The van der Waals surface area contributed by atoms with Crippen molar-refractivity contribution in [2.45, 2.75) is 136 Å². The number of carboxylic acid groups (broad SMARTS) is 1. The third-order valence-corrected chi connectivity index (χ3v) is 16.4. The fraction of sp³-hybridized carbons (Fsp3) is 0.452. The van der Waals surface area contributed by atoms with Crippen molar-refractivity contribution in [2.75, 3.05) is 37.7 Å². The fourth-order valence-electron chi connectivity index (χ4n) is 9.78. The molecule has 0 fully saturated rings. The van der Waals surface area contributed by atoms with Crippen molar-refractivity contribution in [3.05, 3.63) is 108 Å². The molecule has 9 amide bonds. The molecule has 3 aromatic carbocycles. The van der Waals surface area contributed by atoms with Crippen molar-refractivity contribution in [1.29, 1.82) is 0 Å². The van der Waals surface area contributed by atoms with E-state index in [1.54, 1.807) is 91.1 Å². The summed E-state index contributed by atoms with van der Waals surface area (Å²) in [5.74, 6) is -10.7. The highest BCUT2D eigenvalue weighted by molar-refractivity contribution is 9.09. The maximum absolute atomic E-state index is 15.1. The lowest BCUT2D eigenvalue weighted by Gasteiger charge is -2.28. The number of hydrogen-bond donors (Lipinski definition) is 22. The molecule has 29 N–H and O–H groups in total. The van der Waals surface area contributed by atoms with Crippen molar-refractivity contribution >= 4 is 135 Å². The second-order valence-electron chi connectivity index (χ2n) is 22.9. The number of amides is 9. The van der Waals surface area contributed by atoms with Gasteiger partial charge in [-0.1, -0.05) is 94.8 Å². The molecule has 0 bridgehead atoms. The van der Waals surface area contributed by atoms with E-state index in [2.05, 4.69) is 114 Å². The topological polar surface area (TPSA) is 599 Å². The highest BCUT2D eigenvalue weighted by Gasteiger charge is 2.36. The summed E-state index contributed by atoms with van der Waals surface area (Å²) in [6.07, 6.45) is 1.40. The Morgan fingerprint density at radius 2 is 0.828 bits per heavy atom. The van der Waals surface area contributed by atoms with Gasteiger partial charge in [-0.2, -0.15) is 25.3 Å². The number of fused-ring (bicyclic) bond motifs is 1. The van der Waals surface area contributed by atoms with E-state index in [1.165, 1.54) is 6.92 Å². The number of rotatable bonds is 43. The van der Waals surface area contributed by atoms with Crippen molar-refractivity contribution in [1.82, 2.24) is 52.8 Å². The Balaban J connectivity index is 1.68. The van der Waals surface area contributed by atoms with Gasteiger partial charge in [0.25, 0.3) is 0 Å². The molecule has 0 aliphatic carbocycles. The number of H-pyrrole nitrogens is 1. The van der Waals surface area contributed by atoms with E-state index in [4.69, 9.17) is 51.6 Å². The van der Waals surface area contributed by atoms with E-state index in [-0.39, 0.29) is 119 Å². The molecule has 4 aromatic rings. The Hall–Kier alpha value is -9.88. The molecule has 1 heterocycles. The monoisotopic (exact) mass is 1480 g/mol. The Kier molecular flexibility index (Phi) is 35.2. The molecular weight excluding hydrogens is 1390 g/mol. The third kappa shape index (κ3) is 29.8. The van der Waals surface area contributed by atoms with Gasteiger partial charge in [0.05, 0.1) is 12.6 Å². The second kappa shape index (κ2) is 42.7. The molecular formula is C62H92BrN23O11S2. The quantitative estimate of drug-likeness (QED) is 0.00652. The molecule has 0 aliphatic heterocycles. The summed E-state index contributed by atoms with van der Waals surface area (Å²) in [6, 6.07) is 10.1. The summed E-state index contributed by atoms with van der Waals surface area (Å²) in [5, 5.41) is 34.4. The summed E-state index contributed by atoms with van der Waals surface area (Å²) in [4.78, 5) is 159. The summed E-state index contributed by atoms with van der Waals surface area (Å²) in [7, 11) is 0. The number of carbonyl (C=O) groups excluding carboxylic acids is 9. The van der Waals surface area contributed by atoms with Crippen LogP contribution in [0.15, 0.2) is 111 Å². The van der Waals surface area contributed by atoms with Crippen molar-refractivity contribution < 1.29 is 53.1 Å². The molecule has 11 atom stereocenters. The van der Waals surface area contributed by atoms with Gasteiger partial charge in [0, 0.05) is 72.3 Å². The number of hydrogen-bond acceptors (Lipinski definition) is 17. The average Bonchev–Trinajstić information content (AvgIpc) is 1.73. The van der Waals surface area contributed by atoms with Gasteiger partial charge in [0.2, 0.25) is 53.2 Å². The Labute approximate surface area is 591 Å². The number of aliphatic imine (C=N–C) groups is 4. The minimum atomic E-state index is -1.57. The molecule has 34 nitrogen and oxygen atoms in total. The highest BCUT2D eigenvalue weighted by Crippen LogP contribution is 2.21. The summed E-state index contributed by atoms with van der Waals surface area (Å²) >= 11 is 12.1. The van der Waals surface area contributed by atoms with Crippen LogP contribution in [0.25, 0.3) is 10.9 Å². The molecule has 0 radical (unpaired) electrons. The van der Waals surface area contributed by atoms with Crippen LogP contribution < -0.4 is 99.5 Å². The Morgan fingerprint density at radius 1 is 0.455 bits per heavy atom. The number of halogens is 1. The summed E-state index contributed by atoms with van der Waals surface area (Å²) < 4.78 is 0. The summed E-state index contributed by atoms with van der Waals surface area (Å²) in [5.41, 5.74) is 52.7. The number of carbonyl (C=O) groups is 10. The van der Waals surface area contributed by atoms with Crippen LogP contribution in [-0.4, -0.2) is 196 Å². The Bertz CT molecular complexity index is 3460. The number of aromatic nitrogens is 1. The fourth-order valence-corrected chi connectivity index (χ4v) is 10.8. The SMILES string of the molecule is C[C@@H](NC(=O)[C@H](CS)NC(=O)[C@@H](N)CCCN=C(N)N)C(=O)N[C@@H](CCCN=C(N)N)C(=O)N[C@H](Cc1ccccc1)C(=O)N[C@@H](CC(Br)CN=C(N)N)C(=O)N[C@H](Cc1c[nH]c2ccccc12)C(=O)N[C@@H](CS)C(=O)N[C@@H](CCCN=C(N)N)C(=O)N[C@H](Cc1ccccc1)C(=O)O. The van der Waals surface area contributed by atoms with Crippen LogP contribution in [0.2, 0.25) is 0 Å². The Morgan fingerprint density at radius 3 is 1.32 bits per heavy atom. The standard InChI is InChI=1S/C62H92BrN23O11S2/c1-33(78-56(94)47(31-98)85-50(88)39(64)18-10-22-73-59(65)66)49(87)79-41(20-11-23-74-60(67)68)51(89)81-43(25-34-13-4-2-5-14-34)53(91)83-45(28-37(63)30-77-62(71)72)55(93)82-44(27-36-29-76-40-19-9-8-17-38(36)40)54(92)86-48(32-99)57(95)80-42(21-12-24-75-61(69)70)52(90)84-46(58(96)97)26-35-15-6-3-7-16-35/h2-9,13-17,19,29,33,37,39,41-48,76,98-99H,10-12,18,20-28,30-32,64H2,1H3,(H,78,94)(H,79,87)(H,80,95)(H,81,89)(H,82,93)(H,83,91)(H,84,90)(H,85,88)(H,86,92)(H,96,97)(H4,65,66,73)(H4,67,68,74)(H4,69,70,75)(H4,71,72,77)/t33-,37?,39+,41+,42+,43-,44-,45+,46-,47+,48+/m1/s1. The van der Waals surface area contributed by atoms with Crippen molar-refractivity contribution in [2.24, 2.45) is 71.6 Å². The highest BCUT2D eigenvalue weighted by atomic mass is 79.9. The maximum atomic E-state index is 15.1. The van der Waals surface area contributed by atoms with E-state index in [0.717, 1.165) is 0 Å². The molecule has 0 spiro atoms. The second-order valence-corrected chi connectivity index (χ2v) is 24.9. The molecule has 1 aromatic heterocycles. The smallest absolute Gasteiger partial charge is 0.326 e. The number of para-hydroxylation sites is 1. The largest absolute Gasteiger partial charge is 0.480 e. The van der Waals surface area contributed by atoms with Crippen LogP contribution in [0.5, 0.6) is 0 Å². The zero-order valence-corrected chi connectivity index (χ0v) is 58.0. The first-order chi connectivity index (χ1) is 47.1. The minimum absolute atomic E-state index is 0.00252. The van der Waals surface area contributed by atoms with Gasteiger partial charge in [-0.3, -0.25) is 63.1 Å². The predicted molar refractivity (Wildman–Crippen MR) is 386 cm³/mol. The number of guanidine groups is 4. The van der Waals surface area contributed by atoms with Crippen LogP contribution in [0.1, 0.15) is 68.6 Å². The lowest BCUT2D eigenvalue weighted by Crippen LogP contribution is -2.61. The maximum Gasteiger partial charge on any atom is 0.326 e. The van der Waals surface area contributed by atoms with Crippen molar-refractivity contribution in [3.8, 4) is 0 Å². The first kappa shape index (κ1) is 81.5. The van der Waals surface area contributed by atoms with Gasteiger partial charge in [0.15, 0.2) is 23.8 Å². The van der Waals surface area contributed by atoms with Gasteiger partial charge >= 0.3 is 5.97 Å². The third-order valence-electron chi connectivity index (χ3n) is 15.0. The number of benzene rings is 3. The number of nitrogens with zero attached hydrogens (tertiary/aromatic N) is 4. The van der Waals surface area contributed by atoms with Gasteiger partial charge in [-0.25, -0.2) is 4.79 Å². The van der Waals surface area contributed by atoms with Crippen LogP contribution in [-0.2, 0) is 67.2 Å². The van der Waals surface area contributed by atoms with Crippen LogP contribution in [0.4, 0.5) is 0 Å². The molecule has 1 unspecified atom stereocenters. The number of nitrogens with two attached hydrogens (primary N) is 9. The van der Waals surface area contributed by atoms with E-state index in [9.17, 15) is 43.5 Å².